The monoisotopic (exact) mass is 475 g/mol. The number of rotatable bonds is 9. The molecule has 1 unspecified atom stereocenters. The number of carbonyl (C=O) groups excluding carboxylic acids is 1. The maximum absolute atomic E-state index is 12.3. The van der Waals surface area contributed by atoms with Crippen LogP contribution in [0.1, 0.15) is 31.3 Å². The Balaban J connectivity index is 1.63. The van der Waals surface area contributed by atoms with E-state index >= 15 is 0 Å². The van der Waals surface area contributed by atoms with Gasteiger partial charge >= 0.3 is 0 Å². The van der Waals surface area contributed by atoms with Crippen molar-refractivity contribution in [2.24, 2.45) is 0 Å². The van der Waals surface area contributed by atoms with Crippen molar-refractivity contribution in [2.45, 2.75) is 38.6 Å². The molecule has 2 aromatic carbocycles. The highest BCUT2D eigenvalue weighted by molar-refractivity contribution is 7.99. The molecule has 0 saturated heterocycles. The van der Waals surface area contributed by atoms with Crippen molar-refractivity contribution in [3.05, 3.63) is 69.0 Å². The van der Waals surface area contributed by atoms with Gasteiger partial charge in [0, 0.05) is 24.4 Å². The van der Waals surface area contributed by atoms with Gasteiger partial charge in [-0.3, -0.25) is 14.9 Å². The first kappa shape index (κ1) is 23.6. The molecular formula is C21H22ClN5O4S. The molecule has 11 heteroatoms. The summed E-state index contributed by atoms with van der Waals surface area (Å²) in [6.07, 6.45) is -0.398. The molecule has 32 heavy (non-hydrogen) atoms. The fraction of sp³-hybridized carbons (Fsp3) is 0.286. The number of amides is 1. The Bertz CT molecular complexity index is 1120. The smallest absolute Gasteiger partial charge is 0.269 e. The Morgan fingerprint density at radius 1 is 1.28 bits per heavy atom. The number of nitrogens with one attached hydrogen (secondary N) is 1. The zero-order chi connectivity index (χ0) is 23.3. The summed E-state index contributed by atoms with van der Waals surface area (Å²) in [5, 5.41) is 23.0. The van der Waals surface area contributed by atoms with Crippen molar-refractivity contribution in [2.75, 3.05) is 11.1 Å². The van der Waals surface area contributed by atoms with E-state index in [9.17, 15) is 14.9 Å². The number of halogens is 1. The number of carbonyl (C=O) groups is 1. The van der Waals surface area contributed by atoms with Crippen LogP contribution in [-0.4, -0.2) is 31.3 Å². The number of benzene rings is 2. The molecule has 0 radical (unpaired) electrons. The zero-order valence-corrected chi connectivity index (χ0v) is 19.3. The lowest BCUT2D eigenvalue weighted by atomic mass is 10.2. The number of ether oxygens (including phenoxy) is 1. The van der Waals surface area contributed by atoms with Gasteiger partial charge < -0.3 is 14.6 Å². The van der Waals surface area contributed by atoms with Crippen molar-refractivity contribution < 1.29 is 14.5 Å². The highest BCUT2D eigenvalue weighted by Crippen LogP contribution is 2.30. The van der Waals surface area contributed by atoms with Gasteiger partial charge in [-0.15, -0.1) is 10.2 Å². The van der Waals surface area contributed by atoms with Gasteiger partial charge in [-0.25, -0.2) is 0 Å². The maximum atomic E-state index is 12.3. The van der Waals surface area contributed by atoms with E-state index in [0.29, 0.717) is 34.0 Å². The first-order valence-corrected chi connectivity index (χ1v) is 11.2. The molecule has 0 aliphatic carbocycles. The van der Waals surface area contributed by atoms with E-state index in [-0.39, 0.29) is 17.3 Å². The van der Waals surface area contributed by atoms with E-state index in [4.69, 9.17) is 16.3 Å². The summed E-state index contributed by atoms with van der Waals surface area (Å²) in [6.45, 7) is 6.38. The Hall–Kier alpha value is -3.11. The second kappa shape index (κ2) is 10.5. The van der Waals surface area contributed by atoms with Gasteiger partial charge in [0.2, 0.25) is 5.91 Å². The Morgan fingerprint density at radius 3 is 2.66 bits per heavy atom. The number of nitrogens with zero attached hydrogens (tertiary/aromatic N) is 4. The van der Waals surface area contributed by atoms with Crippen LogP contribution in [0, 0.1) is 17.0 Å². The second-order valence-corrected chi connectivity index (χ2v) is 8.27. The third-order valence-corrected chi connectivity index (χ3v) is 5.79. The van der Waals surface area contributed by atoms with Crippen LogP contribution in [0.3, 0.4) is 0 Å². The van der Waals surface area contributed by atoms with Crippen LogP contribution < -0.4 is 10.1 Å². The van der Waals surface area contributed by atoms with E-state index in [2.05, 4.69) is 15.5 Å². The van der Waals surface area contributed by atoms with Gasteiger partial charge in [0.25, 0.3) is 5.69 Å². The fourth-order valence-electron chi connectivity index (χ4n) is 2.94. The molecular weight excluding hydrogens is 454 g/mol. The average Bonchev–Trinajstić information content (AvgIpc) is 3.18. The molecule has 1 aromatic heterocycles. The first-order chi connectivity index (χ1) is 15.3. The quantitative estimate of drug-likeness (QED) is 0.262. The summed E-state index contributed by atoms with van der Waals surface area (Å²) in [5.74, 6) is 1.05. The Morgan fingerprint density at radius 2 is 2.00 bits per heavy atom. The first-order valence-electron chi connectivity index (χ1n) is 9.81. The van der Waals surface area contributed by atoms with Gasteiger partial charge in [-0.1, -0.05) is 29.4 Å². The van der Waals surface area contributed by atoms with Crippen molar-refractivity contribution in [3.8, 4) is 5.75 Å². The molecule has 3 aromatic rings. The molecule has 0 fully saturated rings. The molecule has 0 aliphatic heterocycles. The van der Waals surface area contributed by atoms with E-state index in [1.54, 1.807) is 6.07 Å². The third-order valence-electron chi connectivity index (χ3n) is 4.51. The summed E-state index contributed by atoms with van der Waals surface area (Å²) >= 11 is 7.48. The van der Waals surface area contributed by atoms with E-state index in [1.165, 1.54) is 36.0 Å². The molecule has 0 saturated carbocycles. The predicted octanol–water partition coefficient (Wildman–Crippen LogP) is 5.04. The number of nitro benzene ring substituents is 1. The van der Waals surface area contributed by atoms with Crippen LogP contribution in [0.5, 0.6) is 5.75 Å². The number of thioether (sulfide) groups is 1. The molecule has 1 atom stereocenters. The minimum atomic E-state index is -0.492. The molecule has 0 aliphatic rings. The molecule has 0 bridgehead atoms. The Kier molecular flexibility index (Phi) is 7.70. The van der Waals surface area contributed by atoms with Crippen LogP contribution in [-0.2, 0) is 11.3 Å². The van der Waals surface area contributed by atoms with Gasteiger partial charge in [-0.2, -0.15) is 0 Å². The van der Waals surface area contributed by atoms with Gasteiger partial charge in [0.15, 0.2) is 17.1 Å². The van der Waals surface area contributed by atoms with Gasteiger partial charge in [0.05, 0.1) is 15.7 Å². The normalized spacial score (nSPS) is 11.8. The number of hydrogen-bond acceptors (Lipinski definition) is 7. The summed E-state index contributed by atoms with van der Waals surface area (Å²) in [5.41, 5.74) is 1.48. The third kappa shape index (κ3) is 5.77. The van der Waals surface area contributed by atoms with Crippen LogP contribution in [0.4, 0.5) is 11.4 Å². The maximum Gasteiger partial charge on any atom is 0.269 e. The molecule has 9 nitrogen and oxygen atoms in total. The lowest BCUT2D eigenvalue weighted by Gasteiger charge is -2.16. The summed E-state index contributed by atoms with van der Waals surface area (Å²) in [7, 11) is 0. The minimum Gasteiger partial charge on any atom is -0.481 e. The summed E-state index contributed by atoms with van der Waals surface area (Å²) in [4.78, 5) is 22.5. The van der Waals surface area contributed by atoms with E-state index < -0.39 is 11.0 Å². The summed E-state index contributed by atoms with van der Waals surface area (Å²) < 4.78 is 7.89. The molecule has 0 spiro atoms. The molecule has 3 rings (SSSR count). The number of hydrogen-bond donors (Lipinski definition) is 1. The lowest BCUT2D eigenvalue weighted by molar-refractivity contribution is -0.384. The minimum absolute atomic E-state index is 0.0377. The SMILES string of the molecule is CCn1c(SCC(=O)Nc2ccc([N+](=O)[O-])cc2)nnc1C(C)Oc1cc(C)ccc1Cl. The fourth-order valence-corrected chi connectivity index (χ4v) is 3.91. The number of non-ortho nitro benzene ring substituents is 1. The van der Waals surface area contributed by atoms with E-state index in [0.717, 1.165) is 5.56 Å². The lowest BCUT2D eigenvalue weighted by Crippen LogP contribution is -2.15. The molecule has 1 amide bonds. The van der Waals surface area contributed by atoms with Gasteiger partial charge in [0.1, 0.15) is 5.75 Å². The van der Waals surface area contributed by atoms with Crippen LogP contribution in [0.2, 0.25) is 5.02 Å². The number of anilines is 1. The standard InChI is InChI=1S/C21H22ClN5O4S/c1-4-26-20(14(3)31-18-11-13(2)5-10-17(18)22)24-25-21(26)32-12-19(28)23-15-6-8-16(9-7-15)27(29)30/h5-11,14H,4,12H2,1-3H3,(H,23,28). The van der Waals surface area contributed by atoms with Crippen molar-refractivity contribution >= 4 is 40.6 Å². The van der Waals surface area contributed by atoms with Crippen molar-refractivity contribution in [3.63, 3.8) is 0 Å². The zero-order valence-electron chi connectivity index (χ0n) is 17.7. The Labute approximate surface area is 194 Å². The predicted molar refractivity (Wildman–Crippen MR) is 123 cm³/mol. The van der Waals surface area contributed by atoms with Crippen LogP contribution >= 0.6 is 23.4 Å². The topological polar surface area (TPSA) is 112 Å². The number of aromatic nitrogens is 3. The highest BCUT2D eigenvalue weighted by Gasteiger charge is 2.20. The van der Waals surface area contributed by atoms with Gasteiger partial charge in [-0.05, 0) is 50.6 Å². The highest BCUT2D eigenvalue weighted by atomic mass is 35.5. The number of aryl methyl sites for hydroxylation is 1. The van der Waals surface area contributed by atoms with E-state index in [1.807, 2.05) is 37.5 Å². The number of nitro groups is 1. The summed E-state index contributed by atoms with van der Waals surface area (Å²) in [6, 6.07) is 11.2. The largest absolute Gasteiger partial charge is 0.481 e. The van der Waals surface area contributed by atoms with Crippen molar-refractivity contribution in [1.29, 1.82) is 0 Å². The molecule has 168 valence electrons. The van der Waals surface area contributed by atoms with Crippen LogP contribution in [0.15, 0.2) is 47.6 Å². The average molecular weight is 476 g/mol. The van der Waals surface area contributed by atoms with Crippen molar-refractivity contribution in [1.82, 2.24) is 14.8 Å². The molecule has 1 N–H and O–H groups in total. The second-order valence-electron chi connectivity index (χ2n) is 6.92. The molecule has 1 heterocycles. The van der Waals surface area contributed by atoms with Crippen LogP contribution in [0.25, 0.3) is 0 Å².